The molecule has 1 aliphatic rings. The van der Waals surface area contributed by atoms with Crippen LogP contribution in [0.1, 0.15) is 44.7 Å². The van der Waals surface area contributed by atoms with E-state index in [2.05, 4.69) is 5.32 Å². The summed E-state index contributed by atoms with van der Waals surface area (Å²) in [7, 11) is 0. The second-order valence-corrected chi connectivity index (χ2v) is 7.26. The second-order valence-electron chi connectivity index (χ2n) is 7.26. The minimum absolute atomic E-state index is 0.0799. The maximum atomic E-state index is 12.7. The van der Waals surface area contributed by atoms with E-state index in [1.807, 2.05) is 45.9 Å². The van der Waals surface area contributed by atoms with Gasteiger partial charge in [0.1, 0.15) is 0 Å². The molecule has 1 aliphatic carbocycles. The molecular formula is C18H25NO3. The zero-order chi connectivity index (χ0) is 16.7. The molecule has 0 unspecified atom stereocenters. The quantitative estimate of drug-likeness (QED) is 0.893. The van der Waals surface area contributed by atoms with Crippen molar-refractivity contribution >= 4 is 17.6 Å². The zero-order valence-electron chi connectivity index (χ0n) is 14.0. The van der Waals surface area contributed by atoms with Gasteiger partial charge in [-0.2, -0.15) is 0 Å². The molecule has 0 radical (unpaired) electrons. The number of rotatable bonds is 3. The van der Waals surface area contributed by atoms with E-state index in [0.717, 1.165) is 16.8 Å². The van der Waals surface area contributed by atoms with Gasteiger partial charge in [-0.1, -0.05) is 26.0 Å². The lowest BCUT2D eigenvalue weighted by Gasteiger charge is -2.37. The fourth-order valence-electron chi connectivity index (χ4n) is 3.43. The Labute approximate surface area is 131 Å². The average molecular weight is 303 g/mol. The maximum Gasteiger partial charge on any atom is 0.309 e. The van der Waals surface area contributed by atoms with E-state index in [9.17, 15) is 14.7 Å². The highest BCUT2D eigenvalue weighted by Crippen LogP contribution is 2.56. The average Bonchev–Trinajstić information content (AvgIpc) is 2.66. The first kappa shape index (κ1) is 16.5. The SMILES string of the molecule is Cc1ccc(C)c(NC(=O)[C@H]2CC[C@@](C)(C(=O)O)C2(C)C)c1. The number of carboxylic acids is 1. The van der Waals surface area contributed by atoms with Crippen LogP contribution >= 0.6 is 0 Å². The number of hydrogen-bond donors (Lipinski definition) is 2. The number of hydrogen-bond acceptors (Lipinski definition) is 2. The number of benzene rings is 1. The molecular weight excluding hydrogens is 278 g/mol. The Balaban J connectivity index is 2.24. The highest BCUT2D eigenvalue weighted by atomic mass is 16.4. The van der Waals surface area contributed by atoms with Crippen molar-refractivity contribution in [3.63, 3.8) is 0 Å². The Hall–Kier alpha value is -1.84. The first-order valence-corrected chi connectivity index (χ1v) is 7.71. The third-order valence-electron chi connectivity index (χ3n) is 5.67. The zero-order valence-corrected chi connectivity index (χ0v) is 14.0. The number of aliphatic carboxylic acids is 1. The molecule has 2 N–H and O–H groups in total. The Morgan fingerprint density at radius 3 is 2.41 bits per heavy atom. The van der Waals surface area contributed by atoms with E-state index in [4.69, 9.17) is 0 Å². The molecule has 0 bridgehead atoms. The van der Waals surface area contributed by atoms with Crippen molar-refractivity contribution < 1.29 is 14.7 Å². The van der Waals surface area contributed by atoms with Crippen LogP contribution in [0.3, 0.4) is 0 Å². The minimum Gasteiger partial charge on any atom is -0.481 e. The molecule has 1 aromatic rings. The van der Waals surface area contributed by atoms with Gasteiger partial charge in [0.25, 0.3) is 0 Å². The van der Waals surface area contributed by atoms with Crippen molar-refractivity contribution in [3.05, 3.63) is 29.3 Å². The van der Waals surface area contributed by atoms with Crippen LogP contribution in [0, 0.1) is 30.6 Å². The molecule has 2 atom stereocenters. The van der Waals surface area contributed by atoms with E-state index >= 15 is 0 Å². The molecule has 1 aromatic carbocycles. The molecule has 1 fully saturated rings. The highest BCUT2D eigenvalue weighted by molar-refractivity contribution is 5.95. The summed E-state index contributed by atoms with van der Waals surface area (Å²) in [6.07, 6.45) is 1.13. The summed E-state index contributed by atoms with van der Waals surface area (Å²) in [6, 6.07) is 5.93. The Morgan fingerprint density at radius 2 is 1.86 bits per heavy atom. The molecule has 120 valence electrons. The number of carbonyl (C=O) groups excluding carboxylic acids is 1. The molecule has 1 saturated carbocycles. The summed E-state index contributed by atoms with van der Waals surface area (Å²) in [4.78, 5) is 24.3. The lowest BCUT2D eigenvalue weighted by atomic mass is 9.65. The van der Waals surface area contributed by atoms with Gasteiger partial charge in [-0.25, -0.2) is 0 Å². The molecule has 0 aromatic heterocycles. The number of aryl methyl sites for hydroxylation is 2. The van der Waals surface area contributed by atoms with Crippen LogP contribution in [0.2, 0.25) is 0 Å². The molecule has 4 nitrogen and oxygen atoms in total. The fourth-order valence-corrected chi connectivity index (χ4v) is 3.43. The van der Waals surface area contributed by atoms with Gasteiger partial charge in [-0.05, 0) is 56.2 Å². The number of anilines is 1. The van der Waals surface area contributed by atoms with Gasteiger partial charge in [0.2, 0.25) is 5.91 Å². The predicted octanol–water partition coefficient (Wildman–Crippen LogP) is 3.77. The van der Waals surface area contributed by atoms with Crippen LogP contribution in [0.4, 0.5) is 5.69 Å². The predicted molar refractivity (Wildman–Crippen MR) is 86.8 cm³/mol. The molecule has 4 heteroatoms. The topological polar surface area (TPSA) is 66.4 Å². The highest BCUT2D eigenvalue weighted by Gasteiger charge is 2.58. The van der Waals surface area contributed by atoms with Gasteiger partial charge in [-0.3, -0.25) is 9.59 Å². The summed E-state index contributed by atoms with van der Waals surface area (Å²) in [6.45, 7) is 9.47. The van der Waals surface area contributed by atoms with E-state index in [1.54, 1.807) is 6.92 Å². The Kier molecular flexibility index (Phi) is 4.07. The van der Waals surface area contributed by atoms with Crippen LogP contribution in [0.15, 0.2) is 18.2 Å². The van der Waals surface area contributed by atoms with Crippen molar-refractivity contribution in [1.29, 1.82) is 0 Å². The maximum absolute atomic E-state index is 12.7. The Bertz CT molecular complexity index is 621. The fraction of sp³-hybridized carbons (Fsp3) is 0.556. The molecule has 0 heterocycles. The van der Waals surface area contributed by atoms with Crippen molar-refractivity contribution in [2.75, 3.05) is 5.32 Å². The van der Waals surface area contributed by atoms with Gasteiger partial charge in [0, 0.05) is 11.6 Å². The summed E-state index contributed by atoms with van der Waals surface area (Å²) in [5.41, 5.74) is 1.46. The van der Waals surface area contributed by atoms with Crippen LogP contribution in [-0.2, 0) is 9.59 Å². The monoisotopic (exact) mass is 303 g/mol. The lowest BCUT2D eigenvalue weighted by Crippen LogP contribution is -2.43. The van der Waals surface area contributed by atoms with Crippen LogP contribution < -0.4 is 5.32 Å². The van der Waals surface area contributed by atoms with Crippen LogP contribution in [0.5, 0.6) is 0 Å². The van der Waals surface area contributed by atoms with Gasteiger partial charge in [-0.15, -0.1) is 0 Å². The van der Waals surface area contributed by atoms with Gasteiger partial charge in [0.05, 0.1) is 5.41 Å². The summed E-state index contributed by atoms with van der Waals surface area (Å²) >= 11 is 0. The third kappa shape index (κ3) is 2.51. The standard InChI is InChI=1S/C18H25NO3/c1-11-6-7-12(2)14(10-11)19-15(20)13-8-9-18(5,16(21)22)17(13,3)4/h6-7,10,13H,8-9H2,1-5H3,(H,19,20)(H,21,22)/t13-,18+/m1/s1. The lowest BCUT2D eigenvalue weighted by molar-refractivity contribution is -0.154. The van der Waals surface area contributed by atoms with Crippen molar-refractivity contribution in [2.45, 2.75) is 47.5 Å². The van der Waals surface area contributed by atoms with Crippen molar-refractivity contribution in [1.82, 2.24) is 0 Å². The number of carbonyl (C=O) groups is 2. The second kappa shape index (κ2) is 5.41. The summed E-state index contributed by atoms with van der Waals surface area (Å²) in [5.74, 6) is -1.20. The van der Waals surface area contributed by atoms with E-state index < -0.39 is 16.8 Å². The number of amides is 1. The Morgan fingerprint density at radius 1 is 1.23 bits per heavy atom. The normalized spacial score (nSPS) is 26.7. The molecule has 2 rings (SSSR count). The van der Waals surface area contributed by atoms with Crippen LogP contribution in [0.25, 0.3) is 0 Å². The summed E-state index contributed by atoms with van der Waals surface area (Å²) < 4.78 is 0. The van der Waals surface area contributed by atoms with Gasteiger partial charge in [0.15, 0.2) is 0 Å². The van der Waals surface area contributed by atoms with Gasteiger partial charge >= 0.3 is 5.97 Å². The largest absolute Gasteiger partial charge is 0.481 e. The first-order chi connectivity index (χ1) is 10.1. The van der Waals surface area contributed by atoms with Crippen molar-refractivity contribution in [2.24, 2.45) is 16.7 Å². The number of nitrogens with one attached hydrogen (secondary N) is 1. The first-order valence-electron chi connectivity index (χ1n) is 7.71. The molecule has 0 aliphatic heterocycles. The minimum atomic E-state index is -0.864. The van der Waals surface area contributed by atoms with E-state index in [1.165, 1.54) is 0 Å². The molecule has 0 spiro atoms. The molecule has 0 saturated heterocycles. The van der Waals surface area contributed by atoms with Crippen LogP contribution in [-0.4, -0.2) is 17.0 Å². The summed E-state index contributed by atoms with van der Waals surface area (Å²) in [5, 5.41) is 12.5. The van der Waals surface area contributed by atoms with Crippen molar-refractivity contribution in [3.8, 4) is 0 Å². The van der Waals surface area contributed by atoms with E-state index in [-0.39, 0.29) is 11.8 Å². The number of carboxylic acid groups (broad SMARTS) is 1. The van der Waals surface area contributed by atoms with Gasteiger partial charge < -0.3 is 10.4 Å². The van der Waals surface area contributed by atoms with E-state index in [0.29, 0.717) is 12.8 Å². The molecule has 1 amide bonds. The molecule has 22 heavy (non-hydrogen) atoms. The smallest absolute Gasteiger partial charge is 0.309 e. The third-order valence-corrected chi connectivity index (χ3v) is 5.67.